The quantitative estimate of drug-likeness (QED) is 0.510. The molecule has 1 radical (unpaired) electrons. The van der Waals surface area contributed by atoms with Crippen LogP contribution in [0.25, 0.3) is 0 Å². The van der Waals surface area contributed by atoms with E-state index in [1.165, 1.54) is 13.3 Å². The number of nitrogens with zero attached hydrogens (tertiary/aromatic N) is 3. The van der Waals surface area contributed by atoms with Crippen molar-refractivity contribution in [3.63, 3.8) is 0 Å². The second-order valence-corrected chi connectivity index (χ2v) is 1.43. The van der Waals surface area contributed by atoms with Gasteiger partial charge in [0.25, 0.3) is 0 Å². The maximum atomic E-state index is 8.25. The van der Waals surface area contributed by atoms with E-state index in [9.17, 15) is 0 Å². The molecule has 0 bridgehead atoms. The highest BCUT2D eigenvalue weighted by molar-refractivity contribution is 5.30. The van der Waals surface area contributed by atoms with Gasteiger partial charge in [-0.05, 0) is 0 Å². The monoisotopic (exact) mass is 118 g/mol. The molecule has 0 spiro atoms. The van der Waals surface area contributed by atoms with Crippen molar-refractivity contribution in [2.75, 3.05) is 0 Å². The van der Waals surface area contributed by atoms with E-state index in [0.29, 0.717) is 0 Å². The first-order chi connectivity index (χ1) is 4.24. The minimum Gasteiger partial charge on any atom is -0.195 e. The van der Waals surface area contributed by atoms with Crippen LogP contribution in [0.15, 0.2) is 0 Å². The van der Waals surface area contributed by atoms with Gasteiger partial charge >= 0.3 is 0 Å². The molecule has 0 unspecified atom stereocenters. The first-order valence-electron chi connectivity index (χ1n) is 2.29. The summed E-state index contributed by atoms with van der Waals surface area (Å²) < 4.78 is 0. The summed E-state index contributed by atoms with van der Waals surface area (Å²) >= 11 is 0. The molecule has 0 atom stereocenters. The molecule has 43 valence electrons. The second kappa shape index (κ2) is 2.70. The third kappa shape index (κ3) is 1.18. The molecule has 0 fully saturated rings. The number of hydrogen-bond donors (Lipinski definition) is 0. The largest absolute Gasteiger partial charge is 0.231 e. The van der Waals surface area contributed by atoms with Crippen LogP contribution < -0.4 is 0 Å². The maximum absolute atomic E-state index is 8.25. The number of nitriles is 3. The number of rotatable bonds is 1. The van der Waals surface area contributed by atoms with Crippen LogP contribution in [0.4, 0.5) is 0 Å². The van der Waals surface area contributed by atoms with Gasteiger partial charge in [-0.1, -0.05) is 6.92 Å². The highest BCUT2D eigenvalue weighted by atomic mass is 14.4. The number of hydrogen-bond acceptors (Lipinski definition) is 3. The van der Waals surface area contributed by atoms with E-state index < -0.39 is 5.41 Å². The predicted molar refractivity (Wildman–Crippen MR) is 29.2 cm³/mol. The molecule has 3 heteroatoms. The van der Waals surface area contributed by atoms with Gasteiger partial charge in [0.05, 0.1) is 0 Å². The molecule has 0 aromatic heterocycles. The van der Waals surface area contributed by atoms with Crippen LogP contribution in [-0.2, 0) is 0 Å². The maximum Gasteiger partial charge on any atom is 0.231 e. The summed E-state index contributed by atoms with van der Waals surface area (Å²) in [6.45, 7) is 1.51. The summed E-state index contributed by atoms with van der Waals surface area (Å²) in [5, 5.41) is 24.8. The summed E-state index contributed by atoms with van der Waals surface area (Å²) in [4.78, 5) is 0. The first-order valence-corrected chi connectivity index (χ1v) is 2.29. The predicted octanol–water partition coefficient (Wildman–Crippen LogP) is 0.768. The molecule has 0 aliphatic heterocycles. The van der Waals surface area contributed by atoms with E-state index in [1.807, 2.05) is 0 Å². The van der Waals surface area contributed by atoms with E-state index in [1.54, 1.807) is 18.2 Å². The summed E-state index contributed by atoms with van der Waals surface area (Å²) in [6.07, 6.45) is 1.27. The Bertz CT molecular complexity index is 174. The van der Waals surface area contributed by atoms with Gasteiger partial charge in [0.1, 0.15) is 18.2 Å². The molecule has 0 aliphatic carbocycles. The zero-order valence-electron chi connectivity index (χ0n) is 4.92. The van der Waals surface area contributed by atoms with Crippen molar-refractivity contribution in [3.05, 3.63) is 6.42 Å². The van der Waals surface area contributed by atoms with Crippen molar-refractivity contribution in [2.24, 2.45) is 5.41 Å². The van der Waals surface area contributed by atoms with Gasteiger partial charge in [0.15, 0.2) is 0 Å². The first kappa shape index (κ1) is 7.47. The third-order valence-corrected chi connectivity index (χ3v) is 0.962. The van der Waals surface area contributed by atoms with E-state index >= 15 is 0 Å². The summed E-state index contributed by atoms with van der Waals surface area (Å²) in [7, 11) is 0. The Morgan fingerprint density at radius 1 is 1.11 bits per heavy atom. The second-order valence-electron chi connectivity index (χ2n) is 1.43. The normalized spacial score (nSPS) is 8.67. The molecule has 0 N–H and O–H groups in total. The average molecular weight is 118 g/mol. The van der Waals surface area contributed by atoms with Gasteiger partial charge in [-0.25, -0.2) is 0 Å². The molecule has 0 amide bonds. The summed E-state index contributed by atoms with van der Waals surface area (Å²) in [6, 6.07) is 4.76. The van der Waals surface area contributed by atoms with E-state index in [-0.39, 0.29) is 0 Å². The molecule has 0 rings (SSSR count). The topological polar surface area (TPSA) is 71.4 Å². The lowest BCUT2D eigenvalue weighted by molar-refractivity contribution is 0.798. The molecule has 3 nitrogen and oxygen atoms in total. The Kier molecular flexibility index (Phi) is 2.24. The highest BCUT2D eigenvalue weighted by Crippen LogP contribution is 2.15. The van der Waals surface area contributed by atoms with Crippen molar-refractivity contribution < 1.29 is 0 Å². The summed E-state index contributed by atoms with van der Waals surface area (Å²) in [5.41, 5.74) is -1.54. The van der Waals surface area contributed by atoms with Gasteiger partial charge in [-0.3, -0.25) is 0 Å². The van der Waals surface area contributed by atoms with E-state index in [2.05, 4.69) is 0 Å². The Labute approximate surface area is 53.7 Å². The van der Waals surface area contributed by atoms with Gasteiger partial charge in [0.2, 0.25) is 5.41 Å². The molecule has 0 aliphatic rings. The Morgan fingerprint density at radius 2 is 1.44 bits per heavy atom. The minimum atomic E-state index is -1.54. The fourth-order valence-corrected chi connectivity index (χ4v) is 0.269. The van der Waals surface area contributed by atoms with E-state index in [4.69, 9.17) is 15.8 Å². The SMILES string of the molecule is C[CH]C(C#N)(C#N)C#N. The fourth-order valence-electron chi connectivity index (χ4n) is 0.269. The van der Waals surface area contributed by atoms with Crippen LogP contribution in [0.1, 0.15) is 6.92 Å². The van der Waals surface area contributed by atoms with Crippen molar-refractivity contribution in [1.29, 1.82) is 15.8 Å². The summed E-state index contributed by atoms with van der Waals surface area (Å²) in [5.74, 6) is 0. The Balaban J connectivity index is 4.54. The van der Waals surface area contributed by atoms with Crippen LogP contribution >= 0.6 is 0 Å². The molecule has 0 aromatic rings. The van der Waals surface area contributed by atoms with Gasteiger partial charge in [-0.2, -0.15) is 15.8 Å². The van der Waals surface area contributed by atoms with Gasteiger partial charge in [-0.15, -0.1) is 0 Å². The molecule has 0 saturated heterocycles. The molecule has 0 heterocycles. The molecular weight excluding hydrogens is 114 g/mol. The fraction of sp³-hybridized carbons (Fsp3) is 0.333. The minimum absolute atomic E-state index is 1.27. The standard InChI is InChI=1S/C6H4N3/c1-2-6(3-7,4-8)5-9/h2H,1H3. The molecule has 9 heavy (non-hydrogen) atoms. The molecular formula is C6H4N3. The lowest BCUT2D eigenvalue weighted by Gasteiger charge is -2.00. The smallest absolute Gasteiger partial charge is 0.195 e. The van der Waals surface area contributed by atoms with Crippen LogP contribution in [0, 0.1) is 45.8 Å². The van der Waals surface area contributed by atoms with Crippen molar-refractivity contribution in [2.45, 2.75) is 6.92 Å². The van der Waals surface area contributed by atoms with Crippen LogP contribution in [0.2, 0.25) is 0 Å². The lowest BCUT2D eigenvalue weighted by atomic mass is 9.91. The zero-order valence-corrected chi connectivity index (χ0v) is 4.92. The Morgan fingerprint density at radius 3 is 1.44 bits per heavy atom. The van der Waals surface area contributed by atoms with Crippen molar-refractivity contribution in [3.8, 4) is 18.2 Å². The van der Waals surface area contributed by atoms with Crippen molar-refractivity contribution in [1.82, 2.24) is 0 Å². The zero-order chi connectivity index (χ0) is 7.33. The van der Waals surface area contributed by atoms with Crippen LogP contribution in [0.5, 0.6) is 0 Å². The lowest BCUT2D eigenvalue weighted by Crippen LogP contribution is -2.11. The van der Waals surface area contributed by atoms with Gasteiger partial charge in [0, 0.05) is 6.42 Å². The van der Waals surface area contributed by atoms with E-state index in [0.717, 1.165) is 0 Å². The van der Waals surface area contributed by atoms with Gasteiger partial charge < -0.3 is 0 Å². The average Bonchev–Trinajstić information content (AvgIpc) is 1.95. The third-order valence-electron chi connectivity index (χ3n) is 0.962. The van der Waals surface area contributed by atoms with Crippen LogP contribution in [-0.4, -0.2) is 0 Å². The highest BCUT2D eigenvalue weighted by Gasteiger charge is 2.26. The Hall–Kier alpha value is -1.53. The molecule has 0 saturated carbocycles. The van der Waals surface area contributed by atoms with Crippen LogP contribution in [0.3, 0.4) is 0 Å². The van der Waals surface area contributed by atoms with Crippen molar-refractivity contribution >= 4 is 0 Å². The molecule has 0 aromatic carbocycles.